The molecule has 1 atom stereocenters. The van der Waals surface area contributed by atoms with Gasteiger partial charge in [-0.2, -0.15) is 0 Å². The molecule has 96 valence electrons. The van der Waals surface area contributed by atoms with E-state index >= 15 is 0 Å². The monoisotopic (exact) mass is 251 g/mol. The van der Waals surface area contributed by atoms with Gasteiger partial charge in [-0.15, -0.1) is 11.8 Å². The van der Waals surface area contributed by atoms with Gasteiger partial charge in [0, 0.05) is 10.9 Å². The van der Waals surface area contributed by atoms with Gasteiger partial charge in [0.15, 0.2) is 0 Å². The molecule has 0 spiro atoms. The molecule has 0 amide bonds. The fourth-order valence-corrected chi connectivity index (χ4v) is 2.62. The van der Waals surface area contributed by atoms with Crippen molar-refractivity contribution < 1.29 is 0 Å². The van der Waals surface area contributed by atoms with Gasteiger partial charge >= 0.3 is 0 Å². The van der Waals surface area contributed by atoms with E-state index in [4.69, 9.17) is 5.73 Å². The fraction of sp³-hybridized carbons (Fsp3) is 0.600. The van der Waals surface area contributed by atoms with Crippen LogP contribution in [0.4, 0.5) is 0 Å². The van der Waals surface area contributed by atoms with Crippen LogP contribution in [0.25, 0.3) is 0 Å². The molecule has 1 aromatic rings. The number of thioether (sulfide) groups is 1. The number of benzene rings is 1. The van der Waals surface area contributed by atoms with E-state index in [1.54, 1.807) is 0 Å². The normalized spacial score (nSPS) is 13.0. The van der Waals surface area contributed by atoms with Crippen molar-refractivity contribution in [2.75, 3.05) is 5.75 Å². The maximum Gasteiger partial charge on any atom is 0.00721 e. The van der Waals surface area contributed by atoms with Crippen LogP contribution in [0, 0.1) is 0 Å². The van der Waals surface area contributed by atoms with E-state index in [1.165, 1.54) is 29.1 Å². The molecule has 0 saturated carbocycles. The molecule has 0 heterocycles. The Balaban J connectivity index is 2.23. The molecule has 2 heteroatoms. The van der Waals surface area contributed by atoms with Crippen molar-refractivity contribution in [1.82, 2.24) is 0 Å². The van der Waals surface area contributed by atoms with Gasteiger partial charge in [0.05, 0.1) is 0 Å². The zero-order valence-corrected chi connectivity index (χ0v) is 12.1. The largest absolute Gasteiger partial charge is 0.328 e. The Hall–Kier alpha value is -0.470. The number of unbranched alkanes of at least 4 members (excludes halogenated alkanes) is 1. The van der Waals surface area contributed by atoms with Gasteiger partial charge in [0.25, 0.3) is 0 Å². The summed E-state index contributed by atoms with van der Waals surface area (Å²) >= 11 is 1.95. The molecule has 0 saturated heterocycles. The van der Waals surface area contributed by atoms with E-state index in [0.29, 0.717) is 12.0 Å². The Morgan fingerprint density at radius 1 is 1.06 bits per heavy atom. The van der Waals surface area contributed by atoms with Gasteiger partial charge in [-0.25, -0.2) is 0 Å². The maximum absolute atomic E-state index is 5.72. The summed E-state index contributed by atoms with van der Waals surface area (Å²) in [6, 6.07) is 9.33. The molecule has 0 bridgehead atoms. The lowest BCUT2D eigenvalue weighted by Crippen LogP contribution is -2.13. The lowest BCUT2D eigenvalue weighted by Gasteiger charge is -2.07. The number of hydrogen-bond acceptors (Lipinski definition) is 2. The maximum atomic E-state index is 5.72. The molecule has 1 unspecified atom stereocenters. The van der Waals surface area contributed by atoms with Crippen molar-refractivity contribution in [2.24, 2.45) is 5.73 Å². The molecule has 1 aromatic carbocycles. The molecule has 17 heavy (non-hydrogen) atoms. The standard InChI is InChI=1S/C15H25NS/c1-12(2)14-7-9-15(10-8-14)17-11-5-4-6-13(3)16/h7-10,12-13H,4-6,11,16H2,1-3H3. The minimum atomic E-state index is 0.352. The van der Waals surface area contributed by atoms with Gasteiger partial charge in [-0.05, 0) is 49.1 Å². The molecule has 1 nitrogen and oxygen atoms in total. The van der Waals surface area contributed by atoms with Gasteiger partial charge in [-0.1, -0.05) is 32.4 Å². The molecule has 2 N–H and O–H groups in total. The highest BCUT2D eigenvalue weighted by molar-refractivity contribution is 7.99. The fourth-order valence-electron chi connectivity index (χ4n) is 1.71. The molecule has 0 aliphatic heterocycles. The van der Waals surface area contributed by atoms with E-state index in [0.717, 1.165) is 6.42 Å². The first kappa shape index (κ1) is 14.6. The second kappa shape index (κ2) is 7.78. The Morgan fingerprint density at radius 2 is 1.71 bits per heavy atom. The van der Waals surface area contributed by atoms with Crippen LogP contribution in [0.5, 0.6) is 0 Å². The zero-order chi connectivity index (χ0) is 12.7. The lowest BCUT2D eigenvalue weighted by molar-refractivity contribution is 0.618. The molecule has 1 rings (SSSR count). The summed E-state index contributed by atoms with van der Waals surface area (Å²) in [5, 5.41) is 0. The Morgan fingerprint density at radius 3 is 2.24 bits per heavy atom. The first-order valence-electron chi connectivity index (χ1n) is 6.58. The third-order valence-corrected chi connectivity index (χ3v) is 3.97. The summed E-state index contributed by atoms with van der Waals surface area (Å²) < 4.78 is 0. The Kier molecular flexibility index (Phi) is 6.68. The first-order valence-corrected chi connectivity index (χ1v) is 7.56. The number of rotatable bonds is 7. The minimum Gasteiger partial charge on any atom is -0.328 e. The third kappa shape index (κ3) is 6.13. The predicted octanol–water partition coefficient (Wildman–Crippen LogP) is 4.42. The highest BCUT2D eigenvalue weighted by Gasteiger charge is 2.00. The molecule has 0 radical (unpaired) electrons. The molecule has 0 aliphatic rings. The topological polar surface area (TPSA) is 26.0 Å². The summed E-state index contributed by atoms with van der Waals surface area (Å²) in [6.45, 7) is 6.55. The van der Waals surface area contributed by atoms with Crippen molar-refractivity contribution in [3.05, 3.63) is 29.8 Å². The van der Waals surface area contributed by atoms with E-state index in [9.17, 15) is 0 Å². The molecule has 0 fully saturated rings. The van der Waals surface area contributed by atoms with Gasteiger partial charge < -0.3 is 5.73 Å². The summed E-state index contributed by atoms with van der Waals surface area (Å²) in [6.07, 6.45) is 3.65. The van der Waals surface area contributed by atoms with E-state index in [2.05, 4.69) is 45.0 Å². The smallest absolute Gasteiger partial charge is 0.00721 e. The lowest BCUT2D eigenvalue weighted by atomic mass is 10.0. The van der Waals surface area contributed by atoms with Crippen molar-refractivity contribution >= 4 is 11.8 Å². The third-order valence-electron chi connectivity index (χ3n) is 2.87. The molecule has 0 aliphatic carbocycles. The van der Waals surface area contributed by atoms with Crippen LogP contribution in [-0.4, -0.2) is 11.8 Å². The van der Waals surface area contributed by atoms with Crippen LogP contribution in [0.3, 0.4) is 0 Å². The van der Waals surface area contributed by atoms with Crippen LogP contribution >= 0.6 is 11.8 Å². The van der Waals surface area contributed by atoms with Crippen molar-refractivity contribution in [2.45, 2.75) is 56.9 Å². The second-order valence-electron chi connectivity index (χ2n) is 5.05. The van der Waals surface area contributed by atoms with Crippen molar-refractivity contribution in [1.29, 1.82) is 0 Å². The van der Waals surface area contributed by atoms with Crippen molar-refractivity contribution in [3.63, 3.8) is 0 Å². The van der Waals surface area contributed by atoms with E-state index < -0.39 is 0 Å². The van der Waals surface area contributed by atoms with Crippen LogP contribution < -0.4 is 5.73 Å². The molecule has 0 aromatic heterocycles. The van der Waals surface area contributed by atoms with Gasteiger partial charge in [0.2, 0.25) is 0 Å². The predicted molar refractivity (Wildman–Crippen MR) is 78.8 cm³/mol. The Labute approximate surface area is 110 Å². The van der Waals surface area contributed by atoms with Crippen LogP contribution in [0.2, 0.25) is 0 Å². The van der Waals surface area contributed by atoms with E-state index in [1.807, 2.05) is 11.8 Å². The average Bonchev–Trinajstić information content (AvgIpc) is 2.29. The average molecular weight is 251 g/mol. The second-order valence-corrected chi connectivity index (χ2v) is 6.21. The van der Waals surface area contributed by atoms with Gasteiger partial charge in [0.1, 0.15) is 0 Å². The summed E-state index contributed by atoms with van der Waals surface area (Å²) in [4.78, 5) is 1.38. The Bertz CT molecular complexity index is 303. The summed E-state index contributed by atoms with van der Waals surface area (Å²) in [7, 11) is 0. The molecular weight excluding hydrogens is 226 g/mol. The number of nitrogens with two attached hydrogens (primary N) is 1. The summed E-state index contributed by atoms with van der Waals surface area (Å²) in [5.41, 5.74) is 7.15. The van der Waals surface area contributed by atoms with Crippen LogP contribution in [0.1, 0.15) is 51.5 Å². The zero-order valence-electron chi connectivity index (χ0n) is 11.3. The first-order chi connectivity index (χ1) is 8.09. The van der Waals surface area contributed by atoms with Crippen LogP contribution in [0.15, 0.2) is 29.2 Å². The SMILES string of the molecule is CC(N)CCCCSc1ccc(C(C)C)cc1. The van der Waals surface area contributed by atoms with Gasteiger partial charge in [-0.3, -0.25) is 0 Å². The number of hydrogen-bond donors (Lipinski definition) is 1. The molecular formula is C15H25NS. The quantitative estimate of drug-likeness (QED) is 0.573. The van der Waals surface area contributed by atoms with Crippen LogP contribution in [-0.2, 0) is 0 Å². The highest BCUT2D eigenvalue weighted by atomic mass is 32.2. The highest BCUT2D eigenvalue weighted by Crippen LogP contribution is 2.22. The van der Waals surface area contributed by atoms with E-state index in [-0.39, 0.29) is 0 Å². The van der Waals surface area contributed by atoms with Crippen molar-refractivity contribution in [3.8, 4) is 0 Å². The summed E-state index contributed by atoms with van der Waals surface area (Å²) in [5.74, 6) is 1.83. The minimum absolute atomic E-state index is 0.352.